The molecule has 0 atom stereocenters. The maximum absolute atomic E-state index is 13.4. The molecule has 1 aliphatic heterocycles. The van der Waals surface area contributed by atoms with Crippen LogP contribution in [-0.4, -0.2) is 37.0 Å². The number of ether oxygens (including phenoxy) is 2. The van der Waals surface area contributed by atoms with Gasteiger partial charge in [-0.1, -0.05) is 42.1 Å². The quantitative estimate of drug-likeness (QED) is 0.468. The topological polar surface area (TPSA) is 80.2 Å². The number of nitrogens with one attached hydrogen (secondary N) is 1. The number of hydrogen-bond acceptors (Lipinski definition) is 6. The van der Waals surface area contributed by atoms with E-state index < -0.39 is 0 Å². The van der Waals surface area contributed by atoms with Gasteiger partial charge in [0.1, 0.15) is 17.2 Å². The van der Waals surface area contributed by atoms with E-state index in [-0.39, 0.29) is 23.3 Å². The summed E-state index contributed by atoms with van der Waals surface area (Å²) in [4.78, 5) is 32.1. The number of para-hydroxylation sites is 1. The average molecular weight is 488 g/mol. The molecule has 0 aromatic heterocycles. The maximum Gasteiger partial charge on any atom is 0.283 e. The number of aliphatic imine (C=N–C) groups is 1. The molecule has 35 heavy (non-hydrogen) atoms. The van der Waals surface area contributed by atoms with E-state index in [1.165, 1.54) is 16.7 Å². The lowest BCUT2D eigenvalue weighted by molar-refractivity contribution is -0.114. The summed E-state index contributed by atoms with van der Waals surface area (Å²) in [6, 6.07) is 22.1. The van der Waals surface area contributed by atoms with Crippen molar-refractivity contribution >= 4 is 46.2 Å². The van der Waals surface area contributed by atoms with Crippen molar-refractivity contribution in [3.8, 4) is 11.5 Å². The zero-order valence-corrected chi connectivity index (χ0v) is 20.5. The molecule has 4 rings (SSSR count). The van der Waals surface area contributed by atoms with Crippen molar-refractivity contribution in [2.45, 2.75) is 6.92 Å². The van der Waals surface area contributed by atoms with Crippen LogP contribution in [0.5, 0.6) is 11.5 Å². The van der Waals surface area contributed by atoms with Crippen molar-refractivity contribution in [2.24, 2.45) is 4.99 Å². The molecule has 1 heterocycles. The zero-order valence-electron chi connectivity index (χ0n) is 19.6. The van der Waals surface area contributed by atoms with Crippen molar-refractivity contribution in [3.63, 3.8) is 0 Å². The third-order valence-corrected chi connectivity index (χ3v) is 6.27. The Morgan fingerprint density at radius 1 is 0.971 bits per heavy atom. The van der Waals surface area contributed by atoms with Gasteiger partial charge >= 0.3 is 0 Å². The van der Waals surface area contributed by atoms with E-state index in [2.05, 4.69) is 10.3 Å². The Morgan fingerprint density at radius 2 is 1.60 bits per heavy atom. The highest BCUT2D eigenvalue weighted by Gasteiger charge is 2.32. The fourth-order valence-electron chi connectivity index (χ4n) is 3.44. The van der Waals surface area contributed by atoms with Gasteiger partial charge in [0.05, 0.1) is 25.7 Å². The molecule has 1 N–H and O–H groups in total. The summed E-state index contributed by atoms with van der Waals surface area (Å²) in [5, 5.41) is 3.35. The van der Waals surface area contributed by atoms with Crippen LogP contribution in [0.2, 0.25) is 0 Å². The Kier molecular flexibility index (Phi) is 7.52. The molecule has 3 aromatic carbocycles. The molecule has 7 nitrogen and oxygen atoms in total. The van der Waals surface area contributed by atoms with Crippen LogP contribution in [0.1, 0.15) is 11.1 Å². The van der Waals surface area contributed by atoms with E-state index in [4.69, 9.17) is 9.47 Å². The molecule has 2 amide bonds. The number of amides is 2. The fourth-order valence-corrected chi connectivity index (χ4v) is 4.25. The van der Waals surface area contributed by atoms with Crippen LogP contribution in [0.25, 0.3) is 6.08 Å². The van der Waals surface area contributed by atoms with E-state index in [0.29, 0.717) is 16.6 Å². The van der Waals surface area contributed by atoms with Crippen molar-refractivity contribution in [1.82, 2.24) is 0 Å². The number of rotatable bonds is 7. The molecule has 178 valence electrons. The minimum atomic E-state index is -0.271. The van der Waals surface area contributed by atoms with Gasteiger partial charge in [-0.2, -0.15) is 0 Å². The van der Waals surface area contributed by atoms with Crippen molar-refractivity contribution in [1.29, 1.82) is 0 Å². The van der Waals surface area contributed by atoms with Crippen LogP contribution >= 0.6 is 11.8 Å². The lowest BCUT2D eigenvalue weighted by atomic mass is 10.2. The molecule has 0 saturated carbocycles. The molecule has 1 aliphatic rings. The minimum Gasteiger partial charge on any atom is -0.497 e. The SMILES string of the molecule is COc1ccc(/C=C2/N=C(SCC(=O)Nc3ccccc3C)N(c3ccc(OC)cc3)C2=O)cc1. The Bertz CT molecular complexity index is 1280. The summed E-state index contributed by atoms with van der Waals surface area (Å²) in [5.41, 5.74) is 3.47. The average Bonchev–Trinajstić information content (AvgIpc) is 3.19. The smallest absolute Gasteiger partial charge is 0.283 e. The van der Waals surface area contributed by atoms with Gasteiger partial charge in [-0.15, -0.1) is 0 Å². The van der Waals surface area contributed by atoms with Crippen LogP contribution in [0.15, 0.2) is 83.5 Å². The maximum atomic E-state index is 13.4. The molecule has 0 unspecified atom stereocenters. The normalized spacial score (nSPS) is 14.1. The molecule has 0 saturated heterocycles. The highest BCUT2D eigenvalue weighted by Crippen LogP contribution is 2.31. The number of nitrogens with zero attached hydrogens (tertiary/aromatic N) is 2. The predicted molar refractivity (Wildman–Crippen MR) is 141 cm³/mol. The number of carbonyl (C=O) groups excluding carboxylic acids is 2. The Morgan fingerprint density at radius 3 is 2.23 bits per heavy atom. The molecule has 8 heteroatoms. The van der Waals surface area contributed by atoms with E-state index >= 15 is 0 Å². The predicted octanol–water partition coefficient (Wildman–Crippen LogP) is 5.13. The lowest BCUT2D eigenvalue weighted by Gasteiger charge is -2.18. The third kappa shape index (κ3) is 5.73. The van der Waals surface area contributed by atoms with Crippen LogP contribution < -0.4 is 19.7 Å². The van der Waals surface area contributed by atoms with Crippen LogP contribution in [0, 0.1) is 6.92 Å². The van der Waals surface area contributed by atoms with Gasteiger partial charge in [0.25, 0.3) is 5.91 Å². The fraction of sp³-hybridized carbons (Fsp3) is 0.148. The van der Waals surface area contributed by atoms with Crippen LogP contribution in [0.3, 0.4) is 0 Å². The summed E-state index contributed by atoms with van der Waals surface area (Å²) < 4.78 is 10.4. The molecule has 0 bridgehead atoms. The van der Waals surface area contributed by atoms with Gasteiger partial charge in [0.15, 0.2) is 5.17 Å². The minimum absolute atomic E-state index is 0.100. The number of carbonyl (C=O) groups is 2. The van der Waals surface area contributed by atoms with E-state index in [1.807, 2.05) is 55.5 Å². The summed E-state index contributed by atoms with van der Waals surface area (Å²) in [5.74, 6) is 1.06. The summed E-state index contributed by atoms with van der Waals surface area (Å²) in [7, 11) is 3.19. The molecule has 0 aliphatic carbocycles. The lowest BCUT2D eigenvalue weighted by Crippen LogP contribution is -2.31. The van der Waals surface area contributed by atoms with Gasteiger partial charge in [0.2, 0.25) is 5.91 Å². The standard InChI is InChI=1S/C27H25N3O4S/c1-18-6-4-5-7-23(18)28-25(31)17-35-27-29-24(16-19-8-12-21(33-2)13-9-19)26(32)30(27)20-10-14-22(34-3)15-11-20/h4-16H,17H2,1-3H3,(H,28,31)/b24-16+. The highest BCUT2D eigenvalue weighted by molar-refractivity contribution is 8.14. The second-order valence-corrected chi connectivity index (χ2v) is 8.63. The number of benzene rings is 3. The summed E-state index contributed by atoms with van der Waals surface area (Å²) in [6.45, 7) is 1.93. The monoisotopic (exact) mass is 487 g/mol. The Labute approximate surface area is 208 Å². The number of hydrogen-bond donors (Lipinski definition) is 1. The second-order valence-electron chi connectivity index (χ2n) is 7.69. The molecule has 0 fully saturated rings. The highest BCUT2D eigenvalue weighted by atomic mass is 32.2. The number of amidine groups is 1. The van der Waals surface area contributed by atoms with Gasteiger partial charge in [0, 0.05) is 5.69 Å². The first kappa shape index (κ1) is 24.1. The van der Waals surface area contributed by atoms with Gasteiger partial charge in [-0.3, -0.25) is 14.5 Å². The summed E-state index contributed by atoms with van der Waals surface area (Å²) in [6.07, 6.45) is 1.72. The van der Waals surface area contributed by atoms with Gasteiger partial charge in [-0.25, -0.2) is 4.99 Å². The van der Waals surface area contributed by atoms with Crippen LogP contribution in [-0.2, 0) is 9.59 Å². The first-order valence-electron chi connectivity index (χ1n) is 10.9. The molecular weight excluding hydrogens is 462 g/mol. The van der Waals surface area contributed by atoms with Crippen molar-refractivity contribution < 1.29 is 19.1 Å². The third-order valence-electron chi connectivity index (χ3n) is 5.33. The molecule has 0 spiro atoms. The number of thioether (sulfide) groups is 1. The van der Waals surface area contributed by atoms with Crippen molar-refractivity contribution in [3.05, 3.63) is 89.6 Å². The second kappa shape index (κ2) is 10.9. The molecule has 0 radical (unpaired) electrons. The number of methoxy groups -OCH3 is 2. The summed E-state index contributed by atoms with van der Waals surface area (Å²) >= 11 is 1.21. The number of anilines is 2. The van der Waals surface area contributed by atoms with E-state index in [0.717, 1.165) is 22.6 Å². The largest absolute Gasteiger partial charge is 0.497 e. The van der Waals surface area contributed by atoms with E-state index in [1.54, 1.807) is 44.6 Å². The van der Waals surface area contributed by atoms with E-state index in [9.17, 15) is 9.59 Å². The Hall–Kier alpha value is -4.04. The first-order valence-corrected chi connectivity index (χ1v) is 11.9. The van der Waals surface area contributed by atoms with Gasteiger partial charge < -0.3 is 14.8 Å². The number of aryl methyl sites for hydroxylation is 1. The first-order chi connectivity index (χ1) is 17.0. The molecule has 3 aromatic rings. The molecular formula is C27H25N3O4S. The van der Waals surface area contributed by atoms with Crippen molar-refractivity contribution in [2.75, 3.05) is 30.2 Å². The zero-order chi connectivity index (χ0) is 24.8. The van der Waals surface area contributed by atoms with Gasteiger partial charge in [-0.05, 0) is 66.6 Å². The Balaban J connectivity index is 1.58. The van der Waals surface area contributed by atoms with Crippen LogP contribution in [0.4, 0.5) is 11.4 Å².